The maximum Gasteiger partial charge on any atom is 0.119 e. The number of methoxy groups -OCH3 is 1. The Morgan fingerprint density at radius 3 is 2.75 bits per heavy atom. The van der Waals surface area contributed by atoms with Crippen LogP contribution in [0.3, 0.4) is 0 Å². The van der Waals surface area contributed by atoms with Gasteiger partial charge in [0.05, 0.1) is 7.11 Å². The first kappa shape index (κ1) is 16.6. The summed E-state index contributed by atoms with van der Waals surface area (Å²) >= 11 is 5.93. The highest BCUT2D eigenvalue weighted by atomic mass is 35.5. The average molecular weight is 342 g/mol. The van der Waals surface area contributed by atoms with Gasteiger partial charge in [-0.1, -0.05) is 48.0 Å². The van der Waals surface area contributed by atoms with Crippen LogP contribution >= 0.6 is 11.6 Å². The van der Waals surface area contributed by atoms with Crippen LogP contribution in [0.2, 0.25) is 5.02 Å². The Morgan fingerprint density at radius 2 is 2.00 bits per heavy atom. The molecule has 4 heteroatoms. The number of aliphatic hydroxyl groups is 1. The largest absolute Gasteiger partial charge is 0.497 e. The topological polar surface area (TPSA) is 32.7 Å². The third-order valence-corrected chi connectivity index (χ3v) is 4.26. The molecule has 1 aliphatic heterocycles. The van der Waals surface area contributed by atoms with Crippen LogP contribution < -0.4 is 4.74 Å². The highest BCUT2D eigenvalue weighted by molar-refractivity contribution is 6.30. The minimum Gasteiger partial charge on any atom is -0.497 e. The Kier molecular flexibility index (Phi) is 5.24. The lowest BCUT2D eigenvalue weighted by atomic mass is 10.00. The first-order valence-corrected chi connectivity index (χ1v) is 8.22. The molecule has 0 aliphatic carbocycles. The minimum atomic E-state index is -0.677. The summed E-state index contributed by atoms with van der Waals surface area (Å²) in [5.41, 5.74) is 2.86. The minimum absolute atomic E-state index is 0.677. The molecule has 1 atom stereocenters. The Hall–Kier alpha value is -2.23. The fraction of sp³-hybridized carbons (Fsp3) is 0.200. The Morgan fingerprint density at radius 1 is 1.21 bits per heavy atom. The van der Waals surface area contributed by atoms with Gasteiger partial charge in [-0.2, -0.15) is 0 Å². The van der Waals surface area contributed by atoms with Crippen LogP contribution in [0, 0.1) is 0 Å². The number of halogens is 1. The van der Waals surface area contributed by atoms with Crippen molar-refractivity contribution in [3.05, 3.63) is 88.6 Å². The van der Waals surface area contributed by atoms with Crippen LogP contribution in [0.25, 0.3) is 0 Å². The quantitative estimate of drug-likeness (QED) is 0.878. The zero-order chi connectivity index (χ0) is 16.9. The van der Waals surface area contributed by atoms with Crippen LogP contribution in [0.15, 0.2) is 72.5 Å². The monoisotopic (exact) mass is 341 g/mol. The predicted molar refractivity (Wildman–Crippen MR) is 97.0 cm³/mol. The summed E-state index contributed by atoms with van der Waals surface area (Å²) in [5.74, 6) is 0.741. The molecular formula is C20H20ClNO2. The van der Waals surface area contributed by atoms with Gasteiger partial charge in [-0.3, -0.25) is 0 Å². The molecule has 124 valence electrons. The Balaban J connectivity index is 1.75. The van der Waals surface area contributed by atoms with E-state index in [0.717, 1.165) is 35.0 Å². The number of hydrogen-bond donors (Lipinski definition) is 1. The van der Waals surface area contributed by atoms with E-state index in [0.29, 0.717) is 0 Å². The molecular weight excluding hydrogens is 322 g/mol. The fourth-order valence-corrected chi connectivity index (χ4v) is 2.86. The molecule has 24 heavy (non-hydrogen) atoms. The summed E-state index contributed by atoms with van der Waals surface area (Å²) in [6.45, 7) is 1.59. The van der Waals surface area contributed by atoms with E-state index in [1.54, 1.807) is 7.11 Å². The normalized spacial score (nSPS) is 15.1. The number of ether oxygens (including phenoxy) is 1. The molecule has 1 aliphatic rings. The van der Waals surface area contributed by atoms with Crippen molar-refractivity contribution in [2.75, 3.05) is 13.7 Å². The molecule has 0 radical (unpaired) electrons. The van der Waals surface area contributed by atoms with E-state index in [-0.39, 0.29) is 0 Å². The second-order valence-electron chi connectivity index (χ2n) is 5.77. The van der Waals surface area contributed by atoms with Gasteiger partial charge < -0.3 is 14.7 Å². The van der Waals surface area contributed by atoms with Crippen molar-refractivity contribution in [2.45, 2.75) is 12.6 Å². The molecule has 1 N–H and O–H groups in total. The molecule has 0 amide bonds. The number of nitrogens with zero attached hydrogens (tertiary/aromatic N) is 1. The maximum atomic E-state index is 10.7. The molecule has 3 rings (SSSR count). The van der Waals surface area contributed by atoms with Gasteiger partial charge in [-0.25, -0.2) is 0 Å². The van der Waals surface area contributed by atoms with Crippen molar-refractivity contribution in [3.63, 3.8) is 0 Å². The van der Waals surface area contributed by atoms with Crippen molar-refractivity contribution < 1.29 is 9.84 Å². The summed E-state index contributed by atoms with van der Waals surface area (Å²) in [6, 6.07) is 15.3. The van der Waals surface area contributed by atoms with Crippen LogP contribution in [0.1, 0.15) is 17.2 Å². The Bertz CT molecular complexity index is 752. The van der Waals surface area contributed by atoms with Gasteiger partial charge in [0.1, 0.15) is 11.9 Å². The van der Waals surface area contributed by atoms with Crippen LogP contribution in [-0.4, -0.2) is 23.7 Å². The van der Waals surface area contributed by atoms with Crippen molar-refractivity contribution in [1.82, 2.24) is 4.90 Å². The average Bonchev–Trinajstić information content (AvgIpc) is 2.63. The summed E-state index contributed by atoms with van der Waals surface area (Å²) in [7, 11) is 1.62. The number of hydrogen-bond acceptors (Lipinski definition) is 3. The molecule has 0 fully saturated rings. The zero-order valence-electron chi connectivity index (χ0n) is 13.5. The second-order valence-corrected chi connectivity index (χ2v) is 6.20. The number of aliphatic hydroxyl groups excluding tert-OH is 1. The summed E-state index contributed by atoms with van der Waals surface area (Å²) in [4.78, 5) is 2.17. The molecule has 1 unspecified atom stereocenters. The lowest BCUT2D eigenvalue weighted by Crippen LogP contribution is -2.21. The van der Waals surface area contributed by atoms with Gasteiger partial charge in [-0.05, 0) is 35.4 Å². The maximum absolute atomic E-state index is 10.7. The van der Waals surface area contributed by atoms with E-state index in [1.807, 2.05) is 60.8 Å². The van der Waals surface area contributed by atoms with Gasteiger partial charge in [-0.15, -0.1) is 0 Å². The second kappa shape index (κ2) is 7.56. The van der Waals surface area contributed by atoms with E-state index in [9.17, 15) is 5.11 Å². The smallest absolute Gasteiger partial charge is 0.119 e. The van der Waals surface area contributed by atoms with Crippen LogP contribution in [-0.2, 0) is 6.54 Å². The highest BCUT2D eigenvalue weighted by Crippen LogP contribution is 2.28. The number of benzene rings is 2. The SMILES string of the molecule is COc1cccc(C(O)C2=CN(Cc3ccc(Cl)cc3)CC=C2)c1. The third kappa shape index (κ3) is 3.99. The van der Waals surface area contributed by atoms with Gasteiger partial charge in [0, 0.05) is 29.9 Å². The fourth-order valence-electron chi connectivity index (χ4n) is 2.73. The lowest BCUT2D eigenvalue weighted by Gasteiger charge is -2.25. The van der Waals surface area contributed by atoms with Crippen molar-refractivity contribution in [1.29, 1.82) is 0 Å². The zero-order valence-corrected chi connectivity index (χ0v) is 14.3. The van der Waals surface area contributed by atoms with Crippen molar-refractivity contribution >= 4 is 11.6 Å². The van der Waals surface area contributed by atoms with Crippen LogP contribution in [0.4, 0.5) is 0 Å². The number of rotatable bonds is 5. The van der Waals surface area contributed by atoms with Gasteiger partial charge in [0.2, 0.25) is 0 Å². The van der Waals surface area contributed by atoms with E-state index in [4.69, 9.17) is 16.3 Å². The van der Waals surface area contributed by atoms with Crippen molar-refractivity contribution in [3.8, 4) is 5.75 Å². The highest BCUT2D eigenvalue weighted by Gasteiger charge is 2.16. The molecule has 2 aromatic rings. The summed E-state index contributed by atoms with van der Waals surface area (Å²) in [6.07, 6.45) is 5.37. The molecule has 3 nitrogen and oxygen atoms in total. The van der Waals surface area contributed by atoms with E-state index < -0.39 is 6.10 Å². The molecule has 2 aromatic carbocycles. The standard InChI is InChI=1S/C20H20ClNO2/c1-24-19-6-2-4-16(12-19)20(23)17-5-3-11-22(14-17)13-15-7-9-18(21)10-8-15/h2-10,12,14,20,23H,11,13H2,1H3. The van der Waals surface area contributed by atoms with Crippen molar-refractivity contribution in [2.24, 2.45) is 0 Å². The molecule has 0 spiro atoms. The molecule has 0 aromatic heterocycles. The molecule has 0 saturated heterocycles. The Labute approximate surface area is 147 Å². The van der Waals surface area contributed by atoms with E-state index >= 15 is 0 Å². The molecule has 1 heterocycles. The van der Waals surface area contributed by atoms with Gasteiger partial charge in [0.25, 0.3) is 0 Å². The predicted octanol–water partition coefficient (Wildman–Crippen LogP) is 4.34. The lowest BCUT2D eigenvalue weighted by molar-refractivity contribution is 0.214. The summed E-state index contributed by atoms with van der Waals surface area (Å²) < 4.78 is 5.23. The van der Waals surface area contributed by atoms with Gasteiger partial charge in [0.15, 0.2) is 0 Å². The van der Waals surface area contributed by atoms with E-state index in [1.165, 1.54) is 5.56 Å². The third-order valence-electron chi connectivity index (χ3n) is 4.01. The molecule has 0 saturated carbocycles. The molecule has 0 bridgehead atoms. The summed E-state index contributed by atoms with van der Waals surface area (Å²) in [5, 5.41) is 11.4. The van der Waals surface area contributed by atoms with E-state index in [2.05, 4.69) is 11.0 Å². The van der Waals surface area contributed by atoms with Crippen LogP contribution in [0.5, 0.6) is 5.75 Å². The first-order chi connectivity index (χ1) is 11.7. The first-order valence-electron chi connectivity index (χ1n) is 7.84. The van der Waals surface area contributed by atoms with Gasteiger partial charge >= 0.3 is 0 Å².